The molecule has 5 rings (SSSR count). The summed E-state index contributed by atoms with van der Waals surface area (Å²) in [5, 5.41) is 0. The van der Waals surface area contributed by atoms with Gasteiger partial charge >= 0.3 is 15.6 Å². The fourth-order valence-corrected chi connectivity index (χ4v) is 6.12. The first-order valence-electron chi connectivity index (χ1n) is 13.0. The van der Waals surface area contributed by atoms with Crippen LogP contribution in [0.5, 0.6) is 23.0 Å². The summed E-state index contributed by atoms with van der Waals surface area (Å²) >= 11 is 0. The van der Waals surface area contributed by atoms with Gasteiger partial charge in [0.25, 0.3) is 0 Å². The number of phosphoric acid groups is 2. The number of para-hydroxylation sites is 4. The van der Waals surface area contributed by atoms with Crippen molar-refractivity contribution in [1.82, 2.24) is 0 Å². The molecule has 8 nitrogen and oxygen atoms in total. The van der Waals surface area contributed by atoms with Gasteiger partial charge in [-0.3, -0.25) is 9.05 Å². The summed E-state index contributed by atoms with van der Waals surface area (Å²) in [6.45, 7) is -0.188. The van der Waals surface area contributed by atoms with E-state index in [0.29, 0.717) is 34.1 Å². The summed E-state index contributed by atoms with van der Waals surface area (Å²) in [6.07, 6.45) is 0. The highest BCUT2D eigenvalue weighted by Gasteiger charge is 2.32. The van der Waals surface area contributed by atoms with Gasteiger partial charge in [-0.25, -0.2) is 9.13 Å². The summed E-state index contributed by atoms with van der Waals surface area (Å²) in [5.74, 6) is 1.36. The monoisotopic (exact) mass is 602 g/mol. The van der Waals surface area contributed by atoms with Gasteiger partial charge in [-0.2, -0.15) is 0 Å². The zero-order chi connectivity index (χ0) is 29.1. The molecule has 0 spiro atoms. The Kier molecular flexibility index (Phi) is 9.75. The highest BCUT2D eigenvalue weighted by molar-refractivity contribution is 7.49. The van der Waals surface area contributed by atoms with Crippen LogP contribution in [0.15, 0.2) is 146 Å². The van der Waals surface area contributed by atoms with Crippen LogP contribution in [0.1, 0.15) is 11.1 Å². The van der Waals surface area contributed by atoms with Crippen LogP contribution in [0, 0.1) is 0 Å². The third-order valence-corrected chi connectivity index (χ3v) is 8.24. The molecule has 5 aromatic rings. The average molecular weight is 603 g/mol. The highest BCUT2D eigenvalue weighted by Crippen LogP contribution is 2.51. The van der Waals surface area contributed by atoms with E-state index in [1.807, 2.05) is 24.3 Å². The summed E-state index contributed by atoms with van der Waals surface area (Å²) in [7, 11) is -8.16. The Morgan fingerprint density at radius 1 is 0.381 bits per heavy atom. The van der Waals surface area contributed by atoms with Crippen LogP contribution in [0.4, 0.5) is 0 Å². The normalized spacial score (nSPS) is 11.4. The molecule has 5 aromatic carbocycles. The summed E-state index contributed by atoms with van der Waals surface area (Å²) in [4.78, 5) is 0. The molecule has 10 heteroatoms. The van der Waals surface area contributed by atoms with Crippen molar-refractivity contribution < 1.29 is 36.3 Å². The fourth-order valence-electron chi connectivity index (χ4n) is 3.70. The van der Waals surface area contributed by atoms with Crippen LogP contribution in [0.3, 0.4) is 0 Å². The molecule has 0 saturated heterocycles. The van der Waals surface area contributed by atoms with E-state index in [1.54, 1.807) is 121 Å². The van der Waals surface area contributed by atoms with Crippen molar-refractivity contribution in [1.29, 1.82) is 0 Å². The van der Waals surface area contributed by atoms with E-state index < -0.39 is 15.6 Å². The maximum absolute atomic E-state index is 13.7. The zero-order valence-corrected chi connectivity index (χ0v) is 24.2. The Morgan fingerprint density at radius 2 is 0.667 bits per heavy atom. The number of hydrogen-bond acceptors (Lipinski definition) is 8. The molecule has 0 saturated carbocycles. The molecule has 42 heavy (non-hydrogen) atoms. The highest BCUT2D eigenvalue weighted by atomic mass is 31.2. The summed E-state index contributed by atoms with van der Waals surface area (Å²) in [5.41, 5.74) is 1.32. The Balaban J connectivity index is 1.28. The van der Waals surface area contributed by atoms with Gasteiger partial charge in [-0.05, 0) is 59.7 Å². The maximum atomic E-state index is 13.7. The standard InChI is InChI=1S/C32H28O8P2/c33-41(37-29-16-5-1-6-17-29,38-30-18-7-2-8-19-30)35-25-27-14-13-15-28(24-27)26-36-42(34,39-31-20-9-3-10-21-31)40-32-22-11-4-12-23-32/h1-24H,25-26H2. The first-order chi connectivity index (χ1) is 20.5. The molecule has 0 atom stereocenters. The van der Waals surface area contributed by atoms with Gasteiger partial charge < -0.3 is 18.1 Å². The molecule has 0 aromatic heterocycles. The van der Waals surface area contributed by atoms with Crippen molar-refractivity contribution in [3.63, 3.8) is 0 Å². The summed E-state index contributed by atoms with van der Waals surface area (Å²) < 4.78 is 61.5. The van der Waals surface area contributed by atoms with Crippen LogP contribution in [0.25, 0.3) is 0 Å². The van der Waals surface area contributed by atoms with Crippen molar-refractivity contribution in [3.8, 4) is 23.0 Å². The van der Waals surface area contributed by atoms with Crippen molar-refractivity contribution in [2.45, 2.75) is 13.2 Å². The lowest BCUT2D eigenvalue weighted by Crippen LogP contribution is -2.06. The minimum atomic E-state index is -4.08. The SMILES string of the molecule is O=P(OCc1cccc(COP(=O)(Oc2ccccc2)Oc2ccccc2)c1)(Oc1ccccc1)Oc1ccccc1. The van der Waals surface area contributed by atoms with Crippen molar-refractivity contribution in [2.24, 2.45) is 0 Å². The largest absolute Gasteiger partial charge is 0.587 e. The number of phosphoric ester groups is 2. The second kappa shape index (κ2) is 14.0. The van der Waals surface area contributed by atoms with Crippen LogP contribution < -0.4 is 18.1 Å². The molecule has 0 aliphatic carbocycles. The number of hydrogen-bond donors (Lipinski definition) is 0. The number of rotatable bonds is 14. The Morgan fingerprint density at radius 3 is 0.952 bits per heavy atom. The van der Waals surface area contributed by atoms with E-state index in [1.165, 1.54) is 0 Å². The van der Waals surface area contributed by atoms with E-state index >= 15 is 0 Å². The lowest BCUT2D eigenvalue weighted by Gasteiger charge is -2.20. The maximum Gasteiger partial charge on any atom is 0.587 e. The topological polar surface area (TPSA) is 89.5 Å². The minimum absolute atomic E-state index is 0.0938. The molecule has 0 heterocycles. The Hall–Kier alpha value is -4.32. The predicted molar refractivity (Wildman–Crippen MR) is 160 cm³/mol. The molecule has 0 amide bonds. The van der Waals surface area contributed by atoms with E-state index in [0.717, 1.165) is 0 Å². The van der Waals surface area contributed by atoms with Gasteiger partial charge in [0, 0.05) is 0 Å². The lowest BCUT2D eigenvalue weighted by atomic mass is 10.1. The van der Waals surface area contributed by atoms with Gasteiger partial charge in [-0.15, -0.1) is 0 Å². The molecule has 0 fully saturated rings. The first kappa shape index (κ1) is 29.2. The first-order valence-corrected chi connectivity index (χ1v) is 15.9. The third kappa shape index (κ3) is 8.84. The molecule has 0 radical (unpaired) electrons. The van der Waals surface area contributed by atoms with Crippen LogP contribution >= 0.6 is 15.6 Å². The molecule has 0 aliphatic heterocycles. The lowest BCUT2D eigenvalue weighted by molar-refractivity contribution is 0.199. The number of benzene rings is 5. The van der Waals surface area contributed by atoms with E-state index in [-0.39, 0.29) is 13.2 Å². The fraction of sp³-hybridized carbons (Fsp3) is 0.0625. The van der Waals surface area contributed by atoms with Gasteiger partial charge in [0.15, 0.2) is 0 Å². The molecule has 0 unspecified atom stereocenters. The van der Waals surface area contributed by atoms with Gasteiger partial charge in [0.1, 0.15) is 23.0 Å². The Labute approximate surface area is 244 Å². The second-order valence-corrected chi connectivity index (χ2v) is 11.9. The third-order valence-electron chi connectivity index (χ3n) is 5.61. The van der Waals surface area contributed by atoms with Crippen molar-refractivity contribution >= 4 is 15.6 Å². The predicted octanol–water partition coefficient (Wildman–Crippen LogP) is 9.25. The van der Waals surface area contributed by atoms with E-state index in [2.05, 4.69) is 0 Å². The summed E-state index contributed by atoms with van der Waals surface area (Å²) in [6, 6.07) is 41.8. The van der Waals surface area contributed by atoms with Gasteiger partial charge in [0.2, 0.25) is 0 Å². The Bertz CT molecular complexity index is 1420. The van der Waals surface area contributed by atoms with Crippen LogP contribution in [0.2, 0.25) is 0 Å². The molecule has 0 N–H and O–H groups in total. The van der Waals surface area contributed by atoms with Crippen LogP contribution in [-0.4, -0.2) is 0 Å². The van der Waals surface area contributed by atoms with E-state index in [9.17, 15) is 9.13 Å². The second-order valence-electron chi connectivity index (χ2n) is 8.88. The van der Waals surface area contributed by atoms with Crippen LogP contribution in [-0.2, 0) is 31.4 Å². The molecular weight excluding hydrogens is 574 g/mol. The smallest absolute Gasteiger partial charge is 0.395 e. The molecule has 0 bridgehead atoms. The van der Waals surface area contributed by atoms with Crippen molar-refractivity contribution in [2.75, 3.05) is 0 Å². The quantitative estimate of drug-likeness (QED) is 0.116. The minimum Gasteiger partial charge on any atom is -0.395 e. The van der Waals surface area contributed by atoms with Crippen molar-refractivity contribution in [3.05, 3.63) is 157 Å². The van der Waals surface area contributed by atoms with Gasteiger partial charge in [-0.1, -0.05) is 97.1 Å². The van der Waals surface area contributed by atoms with E-state index in [4.69, 9.17) is 27.1 Å². The molecule has 0 aliphatic rings. The molecule has 214 valence electrons. The zero-order valence-electron chi connectivity index (χ0n) is 22.4. The average Bonchev–Trinajstić information content (AvgIpc) is 3.01. The molecular formula is C32H28O8P2. The van der Waals surface area contributed by atoms with Gasteiger partial charge in [0.05, 0.1) is 13.2 Å².